The number of aromatic nitrogens is 1. The molecule has 118 valence electrons. The van der Waals surface area contributed by atoms with Gasteiger partial charge >= 0.3 is 0 Å². The highest BCUT2D eigenvalue weighted by Crippen LogP contribution is 2.14. The van der Waals surface area contributed by atoms with Crippen LogP contribution in [0.5, 0.6) is 0 Å². The predicted octanol–water partition coefficient (Wildman–Crippen LogP) is 1.80. The van der Waals surface area contributed by atoms with Crippen LogP contribution >= 0.6 is 11.3 Å². The minimum atomic E-state index is 0.718. The molecule has 1 aliphatic rings. The standard InChI is InChI=1S/C15H27N5S/c1-12-18-14(11-21-12)10-20(4)15(16-2)17-8-13-6-5-7-19(3)9-13/h11,13H,5-10H2,1-4H3,(H,16,17). The maximum absolute atomic E-state index is 4.51. The fraction of sp³-hybridized carbons (Fsp3) is 0.733. The summed E-state index contributed by atoms with van der Waals surface area (Å²) < 4.78 is 0. The van der Waals surface area contributed by atoms with Gasteiger partial charge in [-0.1, -0.05) is 0 Å². The molecule has 1 atom stereocenters. The number of aryl methyl sites for hydroxylation is 1. The van der Waals surface area contributed by atoms with E-state index >= 15 is 0 Å². The molecule has 2 rings (SSSR count). The van der Waals surface area contributed by atoms with Crippen LogP contribution in [0.15, 0.2) is 10.4 Å². The zero-order chi connectivity index (χ0) is 15.2. The van der Waals surface area contributed by atoms with Gasteiger partial charge in [0.1, 0.15) is 0 Å². The Morgan fingerprint density at radius 3 is 3.05 bits per heavy atom. The maximum Gasteiger partial charge on any atom is 0.193 e. The molecule has 0 amide bonds. The molecule has 0 spiro atoms. The van der Waals surface area contributed by atoms with Gasteiger partial charge in [-0.15, -0.1) is 11.3 Å². The van der Waals surface area contributed by atoms with Crippen molar-refractivity contribution in [2.75, 3.05) is 40.8 Å². The Hall–Kier alpha value is -1.14. The lowest BCUT2D eigenvalue weighted by atomic mass is 9.99. The first-order chi connectivity index (χ1) is 10.1. The lowest BCUT2D eigenvalue weighted by Crippen LogP contribution is -2.44. The van der Waals surface area contributed by atoms with E-state index in [-0.39, 0.29) is 0 Å². The van der Waals surface area contributed by atoms with Crippen molar-refractivity contribution in [2.45, 2.75) is 26.3 Å². The molecule has 21 heavy (non-hydrogen) atoms. The van der Waals surface area contributed by atoms with E-state index in [1.165, 1.54) is 25.9 Å². The van der Waals surface area contributed by atoms with Crippen molar-refractivity contribution in [2.24, 2.45) is 10.9 Å². The number of nitrogens with one attached hydrogen (secondary N) is 1. The van der Waals surface area contributed by atoms with Gasteiger partial charge in [0.25, 0.3) is 0 Å². The number of nitrogens with zero attached hydrogens (tertiary/aromatic N) is 4. The van der Waals surface area contributed by atoms with E-state index in [1.807, 2.05) is 14.0 Å². The van der Waals surface area contributed by atoms with Gasteiger partial charge in [0, 0.05) is 32.6 Å². The highest BCUT2D eigenvalue weighted by molar-refractivity contribution is 7.09. The summed E-state index contributed by atoms with van der Waals surface area (Å²) >= 11 is 1.70. The number of piperidine rings is 1. The molecule has 0 radical (unpaired) electrons. The van der Waals surface area contributed by atoms with Gasteiger partial charge < -0.3 is 15.1 Å². The molecular weight excluding hydrogens is 282 g/mol. The molecule has 0 saturated carbocycles. The molecule has 1 N–H and O–H groups in total. The fourth-order valence-electron chi connectivity index (χ4n) is 2.86. The number of rotatable bonds is 4. The molecule has 1 saturated heterocycles. The van der Waals surface area contributed by atoms with Gasteiger partial charge in [-0.05, 0) is 39.3 Å². The summed E-state index contributed by atoms with van der Waals surface area (Å²) in [6.07, 6.45) is 2.61. The third kappa shape index (κ3) is 4.97. The summed E-state index contributed by atoms with van der Waals surface area (Å²) in [5, 5.41) is 6.75. The number of guanidine groups is 1. The summed E-state index contributed by atoms with van der Waals surface area (Å²) in [5.41, 5.74) is 1.11. The SMILES string of the molecule is CN=C(NCC1CCCN(C)C1)N(C)Cc1csc(C)n1. The predicted molar refractivity (Wildman–Crippen MR) is 89.9 cm³/mol. The van der Waals surface area contributed by atoms with E-state index in [0.29, 0.717) is 0 Å². The first kappa shape index (κ1) is 16.2. The van der Waals surface area contributed by atoms with E-state index in [4.69, 9.17) is 0 Å². The van der Waals surface area contributed by atoms with Gasteiger partial charge in [-0.2, -0.15) is 0 Å². The largest absolute Gasteiger partial charge is 0.356 e. The van der Waals surface area contributed by atoms with Crippen molar-refractivity contribution in [1.29, 1.82) is 0 Å². The molecule has 0 bridgehead atoms. The van der Waals surface area contributed by atoms with Crippen molar-refractivity contribution in [3.8, 4) is 0 Å². The molecule has 1 unspecified atom stereocenters. The average Bonchev–Trinajstić information content (AvgIpc) is 2.85. The summed E-state index contributed by atoms with van der Waals surface area (Å²) in [7, 11) is 6.12. The van der Waals surface area contributed by atoms with Crippen molar-refractivity contribution >= 4 is 17.3 Å². The molecule has 6 heteroatoms. The number of hydrogen-bond acceptors (Lipinski definition) is 4. The highest BCUT2D eigenvalue weighted by Gasteiger charge is 2.18. The van der Waals surface area contributed by atoms with Gasteiger partial charge in [0.05, 0.1) is 17.2 Å². The first-order valence-electron chi connectivity index (χ1n) is 7.60. The third-order valence-corrected chi connectivity index (χ3v) is 4.73. The minimum Gasteiger partial charge on any atom is -0.356 e. The second-order valence-corrected chi connectivity index (χ2v) is 6.97. The molecule has 5 nitrogen and oxygen atoms in total. The van der Waals surface area contributed by atoms with Gasteiger partial charge in [0.15, 0.2) is 5.96 Å². The van der Waals surface area contributed by atoms with E-state index in [9.17, 15) is 0 Å². The van der Waals surface area contributed by atoms with Crippen LogP contribution in [-0.2, 0) is 6.54 Å². The second kappa shape index (κ2) is 7.75. The smallest absolute Gasteiger partial charge is 0.193 e. The molecular formula is C15H27N5S. The quantitative estimate of drug-likeness (QED) is 0.680. The van der Waals surface area contributed by atoms with E-state index in [1.54, 1.807) is 11.3 Å². The number of aliphatic imine (C=N–C) groups is 1. The van der Waals surface area contributed by atoms with Gasteiger partial charge in [-0.25, -0.2) is 4.98 Å². The summed E-state index contributed by atoms with van der Waals surface area (Å²) in [6.45, 7) is 6.25. The van der Waals surface area contributed by atoms with Gasteiger partial charge in [0.2, 0.25) is 0 Å². The van der Waals surface area contributed by atoms with Crippen molar-refractivity contribution in [3.05, 3.63) is 16.1 Å². The lowest BCUT2D eigenvalue weighted by Gasteiger charge is -2.31. The molecule has 0 aliphatic carbocycles. The summed E-state index contributed by atoms with van der Waals surface area (Å²) in [5.74, 6) is 1.67. The normalized spacial score (nSPS) is 20.6. The Kier molecular flexibility index (Phi) is 5.99. The van der Waals surface area contributed by atoms with Crippen LogP contribution in [0.2, 0.25) is 0 Å². The Morgan fingerprint density at radius 1 is 1.62 bits per heavy atom. The topological polar surface area (TPSA) is 43.8 Å². The Bertz CT molecular complexity index is 470. The van der Waals surface area contributed by atoms with Crippen LogP contribution in [-0.4, -0.2) is 61.5 Å². The summed E-state index contributed by atoms with van der Waals surface area (Å²) in [6, 6.07) is 0. The Labute approximate surface area is 132 Å². The lowest BCUT2D eigenvalue weighted by molar-refractivity contribution is 0.209. The molecule has 1 aromatic heterocycles. The van der Waals surface area contributed by atoms with Crippen molar-refractivity contribution in [3.63, 3.8) is 0 Å². The van der Waals surface area contributed by atoms with Crippen LogP contribution < -0.4 is 5.32 Å². The van der Waals surface area contributed by atoms with Crippen LogP contribution in [0.4, 0.5) is 0 Å². The molecule has 1 aliphatic heterocycles. The Balaban J connectivity index is 1.81. The van der Waals surface area contributed by atoms with E-state index in [2.05, 4.69) is 44.6 Å². The second-order valence-electron chi connectivity index (χ2n) is 5.91. The number of thiazole rings is 1. The van der Waals surface area contributed by atoms with Crippen LogP contribution in [0.1, 0.15) is 23.5 Å². The van der Waals surface area contributed by atoms with Crippen LogP contribution in [0.25, 0.3) is 0 Å². The van der Waals surface area contributed by atoms with Crippen LogP contribution in [0.3, 0.4) is 0 Å². The molecule has 1 fully saturated rings. The molecule has 1 aromatic rings. The summed E-state index contributed by atoms with van der Waals surface area (Å²) in [4.78, 5) is 13.5. The third-order valence-electron chi connectivity index (χ3n) is 3.91. The number of hydrogen-bond donors (Lipinski definition) is 1. The van der Waals surface area contributed by atoms with Crippen LogP contribution in [0, 0.1) is 12.8 Å². The van der Waals surface area contributed by atoms with E-state index in [0.717, 1.165) is 35.7 Å². The molecule has 0 aromatic carbocycles. The zero-order valence-electron chi connectivity index (χ0n) is 13.6. The zero-order valence-corrected chi connectivity index (χ0v) is 14.4. The minimum absolute atomic E-state index is 0.718. The maximum atomic E-state index is 4.51. The van der Waals surface area contributed by atoms with Crippen molar-refractivity contribution < 1.29 is 0 Å². The monoisotopic (exact) mass is 309 g/mol. The highest BCUT2D eigenvalue weighted by atomic mass is 32.1. The van der Waals surface area contributed by atoms with Gasteiger partial charge in [-0.3, -0.25) is 4.99 Å². The van der Waals surface area contributed by atoms with E-state index < -0.39 is 0 Å². The fourth-order valence-corrected chi connectivity index (χ4v) is 3.46. The average molecular weight is 309 g/mol. The number of likely N-dealkylation sites (tertiary alicyclic amines) is 1. The molecule has 2 heterocycles. The Morgan fingerprint density at radius 2 is 2.43 bits per heavy atom. The first-order valence-corrected chi connectivity index (χ1v) is 8.47. The van der Waals surface area contributed by atoms with Crippen molar-refractivity contribution in [1.82, 2.24) is 20.1 Å².